The molecule has 0 radical (unpaired) electrons. The third-order valence-corrected chi connectivity index (χ3v) is 6.73. The zero-order valence-corrected chi connectivity index (χ0v) is 15.7. The van der Waals surface area contributed by atoms with Crippen LogP contribution in [0.4, 0.5) is 8.78 Å². The highest BCUT2D eigenvalue weighted by Crippen LogP contribution is 2.34. The van der Waals surface area contributed by atoms with Gasteiger partial charge in [0.2, 0.25) is 0 Å². The highest BCUT2D eigenvalue weighted by Gasteiger charge is 2.20. The Morgan fingerprint density at radius 2 is 1.93 bits per heavy atom. The molecule has 138 valence electrons. The molecule has 2 heterocycles. The second-order valence-electron chi connectivity index (χ2n) is 6.05. The molecule has 27 heavy (non-hydrogen) atoms. The molecule has 0 amide bonds. The van der Waals surface area contributed by atoms with E-state index in [1.54, 1.807) is 23.9 Å². The fraction of sp³-hybridized carbons (Fsp3) is 0.111. The van der Waals surface area contributed by atoms with Crippen LogP contribution in [-0.2, 0) is 22.6 Å². The van der Waals surface area contributed by atoms with Crippen molar-refractivity contribution in [3.8, 4) is 11.1 Å². The van der Waals surface area contributed by atoms with Crippen LogP contribution in [-0.4, -0.2) is 22.3 Å². The topological polar surface area (TPSA) is 64.8 Å². The summed E-state index contributed by atoms with van der Waals surface area (Å²) in [4.78, 5) is 4.05. The minimum absolute atomic E-state index is 0.130. The number of aryl methyl sites for hydroxylation is 1. The van der Waals surface area contributed by atoms with Crippen LogP contribution in [0.2, 0.25) is 0 Å². The third kappa shape index (κ3) is 3.24. The fourth-order valence-electron chi connectivity index (χ4n) is 2.98. The van der Waals surface area contributed by atoms with Gasteiger partial charge in [-0.15, -0.1) is 0 Å². The Balaban J connectivity index is 1.83. The van der Waals surface area contributed by atoms with Crippen LogP contribution < -0.4 is 0 Å². The van der Waals surface area contributed by atoms with Gasteiger partial charge in [0.15, 0.2) is 9.84 Å². The second kappa shape index (κ2) is 6.50. The zero-order valence-electron chi connectivity index (χ0n) is 14.1. The number of aromatic nitrogens is 3. The van der Waals surface area contributed by atoms with Gasteiger partial charge >= 0.3 is 0 Å². The van der Waals surface area contributed by atoms with Crippen molar-refractivity contribution in [2.24, 2.45) is 7.05 Å². The molecule has 0 aliphatic rings. The first-order chi connectivity index (χ1) is 12.8. The number of hydrogen-bond donors (Lipinski definition) is 0. The lowest BCUT2D eigenvalue weighted by molar-refractivity contribution is 0.595. The van der Waals surface area contributed by atoms with Crippen LogP contribution in [0.25, 0.3) is 22.0 Å². The maximum Gasteiger partial charge on any atom is 0.185 e. The Bertz CT molecular complexity index is 1250. The molecule has 0 aliphatic carbocycles. The van der Waals surface area contributed by atoms with E-state index in [0.717, 1.165) is 29.7 Å². The van der Waals surface area contributed by atoms with Crippen molar-refractivity contribution >= 4 is 32.3 Å². The summed E-state index contributed by atoms with van der Waals surface area (Å²) >= 11 is 1.03. The number of fused-ring (bicyclic) bond motifs is 1. The van der Waals surface area contributed by atoms with E-state index in [1.807, 2.05) is 0 Å². The van der Waals surface area contributed by atoms with Crippen molar-refractivity contribution in [1.29, 1.82) is 0 Å². The number of sulfone groups is 1. The number of nitrogens with zero attached hydrogens (tertiary/aromatic N) is 3. The van der Waals surface area contributed by atoms with Gasteiger partial charge in [-0.2, -0.15) is 4.37 Å². The maximum atomic E-state index is 14.2. The Kier molecular flexibility index (Phi) is 4.27. The van der Waals surface area contributed by atoms with Crippen LogP contribution in [0.5, 0.6) is 0 Å². The molecule has 0 spiro atoms. The van der Waals surface area contributed by atoms with Crippen molar-refractivity contribution in [2.75, 3.05) is 0 Å². The van der Waals surface area contributed by atoms with Crippen LogP contribution >= 0.6 is 11.5 Å². The Labute approximate surface area is 158 Å². The van der Waals surface area contributed by atoms with Crippen molar-refractivity contribution in [1.82, 2.24) is 13.9 Å². The summed E-state index contributed by atoms with van der Waals surface area (Å²) < 4.78 is 58.6. The van der Waals surface area contributed by atoms with Crippen molar-refractivity contribution in [3.05, 3.63) is 65.6 Å². The molecule has 4 aromatic rings. The summed E-state index contributed by atoms with van der Waals surface area (Å²) in [6, 6.07) is 7.88. The molecule has 5 nitrogen and oxygen atoms in total. The number of hydrogen-bond acceptors (Lipinski definition) is 5. The van der Waals surface area contributed by atoms with E-state index in [9.17, 15) is 17.2 Å². The lowest BCUT2D eigenvalue weighted by Gasteiger charge is -2.05. The zero-order chi connectivity index (χ0) is 19.2. The van der Waals surface area contributed by atoms with Gasteiger partial charge in [-0.25, -0.2) is 22.2 Å². The summed E-state index contributed by atoms with van der Waals surface area (Å²) in [5, 5.41) is 1.04. The summed E-state index contributed by atoms with van der Waals surface area (Å²) in [5.41, 5.74) is 1.23. The predicted octanol–water partition coefficient (Wildman–Crippen LogP) is 3.95. The summed E-state index contributed by atoms with van der Waals surface area (Å²) in [5.74, 6) is -1.32. The molecular formula is C18H13F2N3O2S2. The smallest absolute Gasteiger partial charge is 0.185 e. The standard InChI is InChI=1S/C18H13F2N3O2S2/c1-23-8-15(14-6-11(19)2-5-16(14)20)13-4-3-12(7-17(13)23)27(24,25)9-18-21-10-22-26-18/h2-8,10H,9H2,1H3. The molecule has 0 atom stereocenters. The van der Waals surface area contributed by atoms with Crippen LogP contribution in [0.3, 0.4) is 0 Å². The minimum atomic E-state index is -3.60. The highest BCUT2D eigenvalue weighted by molar-refractivity contribution is 7.90. The SMILES string of the molecule is Cn1cc(-c2cc(F)ccc2F)c2ccc(S(=O)(=O)Cc3ncns3)cc21. The first-order valence-electron chi connectivity index (χ1n) is 7.88. The molecule has 2 aromatic carbocycles. The number of benzene rings is 2. The van der Waals surface area contributed by atoms with Gasteiger partial charge in [-0.3, -0.25) is 0 Å². The number of rotatable bonds is 4. The summed E-state index contributed by atoms with van der Waals surface area (Å²) in [6.07, 6.45) is 2.97. The molecule has 4 rings (SSSR count). The Hall–Kier alpha value is -2.65. The molecule has 0 bridgehead atoms. The average Bonchev–Trinajstić information content (AvgIpc) is 3.24. The van der Waals surface area contributed by atoms with Crippen LogP contribution in [0.15, 0.2) is 53.8 Å². The first kappa shape index (κ1) is 17.7. The Morgan fingerprint density at radius 3 is 2.67 bits per heavy atom. The van der Waals surface area contributed by atoms with Gasteiger partial charge < -0.3 is 4.57 Å². The largest absolute Gasteiger partial charge is 0.350 e. The number of halogens is 2. The van der Waals surface area contributed by atoms with Gasteiger partial charge in [-0.05, 0) is 41.9 Å². The van der Waals surface area contributed by atoms with E-state index in [4.69, 9.17) is 0 Å². The quantitative estimate of drug-likeness (QED) is 0.516. The van der Waals surface area contributed by atoms with Crippen molar-refractivity contribution < 1.29 is 17.2 Å². The van der Waals surface area contributed by atoms with E-state index in [0.29, 0.717) is 21.5 Å². The fourth-order valence-corrected chi connectivity index (χ4v) is 5.10. The van der Waals surface area contributed by atoms with Gasteiger partial charge in [0, 0.05) is 35.3 Å². The van der Waals surface area contributed by atoms with Crippen molar-refractivity contribution in [2.45, 2.75) is 10.6 Å². The van der Waals surface area contributed by atoms with E-state index >= 15 is 0 Å². The molecule has 0 fully saturated rings. The molecule has 0 saturated carbocycles. The molecule has 0 N–H and O–H groups in total. The molecule has 9 heteroatoms. The third-order valence-electron chi connectivity index (χ3n) is 4.26. The van der Waals surface area contributed by atoms with E-state index < -0.39 is 21.5 Å². The van der Waals surface area contributed by atoms with Gasteiger partial charge in [-0.1, -0.05) is 6.07 Å². The second-order valence-corrected chi connectivity index (χ2v) is 8.91. The molecular weight excluding hydrogens is 392 g/mol. The van der Waals surface area contributed by atoms with E-state index in [1.165, 1.54) is 18.5 Å². The Morgan fingerprint density at radius 1 is 1.11 bits per heavy atom. The lowest BCUT2D eigenvalue weighted by atomic mass is 10.0. The monoisotopic (exact) mass is 405 g/mol. The lowest BCUT2D eigenvalue weighted by Crippen LogP contribution is -2.05. The molecule has 2 aromatic heterocycles. The predicted molar refractivity (Wildman–Crippen MR) is 99.1 cm³/mol. The van der Waals surface area contributed by atoms with Crippen molar-refractivity contribution in [3.63, 3.8) is 0 Å². The van der Waals surface area contributed by atoms with Gasteiger partial charge in [0.25, 0.3) is 0 Å². The normalized spacial score (nSPS) is 12.0. The maximum absolute atomic E-state index is 14.2. The van der Waals surface area contributed by atoms with E-state index in [2.05, 4.69) is 9.36 Å². The van der Waals surface area contributed by atoms with Gasteiger partial charge in [0.05, 0.1) is 4.90 Å². The summed E-state index contributed by atoms with van der Waals surface area (Å²) in [7, 11) is -1.87. The molecule has 0 aliphatic heterocycles. The van der Waals surface area contributed by atoms with E-state index in [-0.39, 0.29) is 16.2 Å². The first-order valence-corrected chi connectivity index (χ1v) is 10.3. The van der Waals surface area contributed by atoms with Crippen LogP contribution in [0.1, 0.15) is 5.01 Å². The highest BCUT2D eigenvalue weighted by atomic mass is 32.2. The molecule has 0 unspecified atom stereocenters. The molecule has 0 saturated heterocycles. The average molecular weight is 405 g/mol. The minimum Gasteiger partial charge on any atom is -0.350 e. The summed E-state index contributed by atoms with van der Waals surface area (Å²) in [6.45, 7) is 0. The van der Waals surface area contributed by atoms with Gasteiger partial charge in [0.1, 0.15) is 28.7 Å². The van der Waals surface area contributed by atoms with Crippen LogP contribution in [0, 0.1) is 11.6 Å².